The van der Waals surface area contributed by atoms with Crippen molar-refractivity contribution in [2.24, 2.45) is 0 Å². The van der Waals surface area contributed by atoms with E-state index < -0.39 is 0 Å². The van der Waals surface area contributed by atoms with E-state index in [1.165, 1.54) is 6.42 Å². The van der Waals surface area contributed by atoms with E-state index in [0.29, 0.717) is 5.75 Å². The van der Waals surface area contributed by atoms with Gasteiger partial charge in [0.05, 0.1) is 5.92 Å². The second-order valence-corrected chi connectivity index (χ2v) is 7.30. The Morgan fingerprint density at radius 3 is 2.71 bits per heavy atom. The molecule has 1 aliphatic heterocycles. The van der Waals surface area contributed by atoms with Gasteiger partial charge in [0.25, 0.3) is 0 Å². The summed E-state index contributed by atoms with van der Waals surface area (Å²) in [5.74, 6) is 1.83. The highest BCUT2D eigenvalue weighted by atomic mass is 16.7. The van der Waals surface area contributed by atoms with Crippen LogP contribution in [0, 0.1) is 0 Å². The number of ether oxygens (including phenoxy) is 2. The molecule has 0 saturated heterocycles. The summed E-state index contributed by atoms with van der Waals surface area (Å²) in [5, 5.41) is 0. The number of benzene rings is 1. The van der Waals surface area contributed by atoms with Gasteiger partial charge in [-0.25, -0.2) is 4.98 Å². The highest BCUT2D eigenvalue weighted by molar-refractivity contribution is 5.99. The predicted molar refractivity (Wildman–Crippen MR) is 109 cm³/mol. The van der Waals surface area contributed by atoms with Gasteiger partial charge in [0.15, 0.2) is 11.5 Å². The minimum Gasteiger partial charge on any atom is -0.454 e. The number of pyridine rings is 1. The summed E-state index contributed by atoms with van der Waals surface area (Å²) in [5.41, 5.74) is 0.907. The molecule has 5 heteroatoms. The molecule has 28 heavy (non-hydrogen) atoms. The van der Waals surface area contributed by atoms with Crippen molar-refractivity contribution in [3.05, 3.63) is 60.3 Å². The summed E-state index contributed by atoms with van der Waals surface area (Å²) < 4.78 is 10.9. The summed E-state index contributed by atoms with van der Waals surface area (Å²) in [7, 11) is 0. The predicted octanol–water partition coefficient (Wildman–Crippen LogP) is 4.84. The molecule has 146 valence electrons. The van der Waals surface area contributed by atoms with Crippen molar-refractivity contribution >= 4 is 11.7 Å². The summed E-state index contributed by atoms with van der Waals surface area (Å²) in [6.45, 7) is 2.17. The molecule has 2 heterocycles. The van der Waals surface area contributed by atoms with Crippen molar-refractivity contribution in [3.8, 4) is 11.5 Å². The molecule has 1 aliphatic carbocycles. The van der Waals surface area contributed by atoms with Gasteiger partial charge in [-0.2, -0.15) is 0 Å². The zero-order valence-corrected chi connectivity index (χ0v) is 16.2. The lowest BCUT2D eigenvalue weighted by Gasteiger charge is -2.35. The summed E-state index contributed by atoms with van der Waals surface area (Å²) >= 11 is 0. The molecular weight excluding hydrogens is 352 g/mol. The largest absolute Gasteiger partial charge is 0.454 e. The SMILES string of the molecule is CC=CC(C(=O)N(c1ccccn1)C1CCCCC1)c1ccc2c(c1)OCO2. The van der Waals surface area contributed by atoms with Crippen LogP contribution in [0.5, 0.6) is 11.5 Å². The quantitative estimate of drug-likeness (QED) is 0.699. The molecule has 0 bridgehead atoms. The van der Waals surface area contributed by atoms with Crippen LogP contribution in [0.3, 0.4) is 0 Å². The molecule has 2 aromatic rings. The van der Waals surface area contributed by atoms with Gasteiger partial charge >= 0.3 is 0 Å². The van der Waals surface area contributed by atoms with Crippen LogP contribution in [-0.4, -0.2) is 23.7 Å². The number of nitrogens with zero attached hydrogens (tertiary/aromatic N) is 2. The minimum atomic E-state index is -0.386. The monoisotopic (exact) mass is 378 g/mol. The first-order chi connectivity index (χ1) is 13.8. The van der Waals surface area contributed by atoms with Crippen LogP contribution in [-0.2, 0) is 4.79 Å². The molecule has 4 rings (SSSR count). The molecule has 1 saturated carbocycles. The highest BCUT2D eigenvalue weighted by Crippen LogP contribution is 2.37. The van der Waals surface area contributed by atoms with Gasteiger partial charge in [0.1, 0.15) is 5.82 Å². The zero-order chi connectivity index (χ0) is 19.3. The third-order valence-electron chi connectivity index (χ3n) is 5.48. The number of carbonyl (C=O) groups excluding carboxylic acids is 1. The minimum absolute atomic E-state index is 0.0579. The van der Waals surface area contributed by atoms with Crippen LogP contribution in [0.1, 0.15) is 50.5 Å². The van der Waals surface area contributed by atoms with Gasteiger partial charge in [-0.3, -0.25) is 9.69 Å². The van der Waals surface area contributed by atoms with Gasteiger partial charge in [0, 0.05) is 12.2 Å². The number of amides is 1. The van der Waals surface area contributed by atoms with Crippen LogP contribution in [0.25, 0.3) is 0 Å². The molecule has 5 nitrogen and oxygen atoms in total. The van der Waals surface area contributed by atoms with Crippen molar-refractivity contribution in [1.29, 1.82) is 0 Å². The number of aromatic nitrogens is 1. The second kappa shape index (κ2) is 8.46. The van der Waals surface area contributed by atoms with E-state index in [1.54, 1.807) is 6.20 Å². The average molecular weight is 378 g/mol. The van der Waals surface area contributed by atoms with Crippen LogP contribution in [0.15, 0.2) is 54.7 Å². The Morgan fingerprint density at radius 2 is 1.96 bits per heavy atom. The lowest BCUT2D eigenvalue weighted by Crippen LogP contribution is -2.44. The fourth-order valence-electron chi connectivity index (χ4n) is 4.10. The Kier molecular flexibility index (Phi) is 5.60. The van der Waals surface area contributed by atoms with Gasteiger partial charge in [0.2, 0.25) is 12.7 Å². The van der Waals surface area contributed by atoms with E-state index >= 15 is 0 Å². The Hall–Kier alpha value is -2.82. The van der Waals surface area contributed by atoms with Crippen molar-refractivity contribution in [2.45, 2.75) is 51.0 Å². The van der Waals surface area contributed by atoms with Crippen molar-refractivity contribution < 1.29 is 14.3 Å². The molecule has 1 atom stereocenters. The topological polar surface area (TPSA) is 51.7 Å². The molecule has 1 fully saturated rings. The van der Waals surface area contributed by atoms with Crippen LogP contribution in [0.2, 0.25) is 0 Å². The van der Waals surface area contributed by atoms with E-state index in [0.717, 1.165) is 42.8 Å². The fraction of sp³-hybridized carbons (Fsp3) is 0.391. The van der Waals surface area contributed by atoms with Gasteiger partial charge in [-0.05, 0) is 49.6 Å². The third-order valence-corrected chi connectivity index (χ3v) is 5.48. The molecule has 1 aromatic heterocycles. The van der Waals surface area contributed by atoms with Crippen molar-refractivity contribution in [2.75, 3.05) is 11.7 Å². The first-order valence-corrected chi connectivity index (χ1v) is 10.0. The van der Waals surface area contributed by atoms with E-state index in [1.807, 2.05) is 60.4 Å². The van der Waals surface area contributed by atoms with E-state index in [2.05, 4.69) is 4.98 Å². The van der Waals surface area contributed by atoms with Crippen LogP contribution in [0.4, 0.5) is 5.82 Å². The fourth-order valence-corrected chi connectivity index (χ4v) is 4.10. The first-order valence-electron chi connectivity index (χ1n) is 10.0. The molecule has 0 N–H and O–H groups in total. The lowest BCUT2D eigenvalue weighted by atomic mass is 9.91. The van der Waals surface area contributed by atoms with E-state index in [9.17, 15) is 4.79 Å². The number of fused-ring (bicyclic) bond motifs is 1. The molecule has 0 spiro atoms. The van der Waals surface area contributed by atoms with Crippen LogP contribution < -0.4 is 14.4 Å². The Labute approximate surface area is 166 Å². The summed E-state index contributed by atoms with van der Waals surface area (Å²) in [4.78, 5) is 20.2. The maximum Gasteiger partial charge on any atom is 0.239 e. The molecule has 1 aromatic carbocycles. The highest BCUT2D eigenvalue weighted by Gasteiger charge is 2.32. The normalized spacial score (nSPS) is 17.6. The van der Waals surface area contributed by atoms with Crippen molar-refractivity contribution in [3.63, 3.8) is 0 Å². The number of hydrogen-bond donors (Lipinski definition) is 0. The first kappa shape index (κ1) is 18.5. The molecular formula is C23H26N2O3. The number of rotatable bonds is 5. The summed E-state index contributed by atoms with van der Waals surface area (Å²) in [6.07, 6.45) is 11.2. The van der Waals surface area contributed by atoms with E-state index in [-0.39, 0.29) is 24.7 Å². The van der Waals surface area contributed by atoms with Crippen LogP contribution >= 0.6 is 0 Å². The Bertz CT molecular complexity index is 844. The van der Waals surface area contributed by atoms with Crippen molar-refractivity contribution in [1.82, 2.24) is 4.98 Å². The lowest BCUT2D eigenvalue weighted by molar-refractivity contribution is -0.119. The average Bonchev–Trinajstić information content (AvgIpc) is 3.21. The van der Waals surface area contributed by atoms with E-state index in [4.69, 9.17) is 9.47 Å². The maximum absolute atomic E-state index is 13.8. The second-order valence-electron chi connectivity index (χ2n) is 7.30. The maximum atomic E-state index is 13.8. The molecule has 0 radical (unpaired) electrons. The Balaban J connectivity index is 1.70. The number of anilines is 1. The molecule has 1 unspecified atom stereocenters. The van der Waals surface area contributed by atoms with Gasteiger partial charge in [-0.15, -0.1) is 0 Å². The smallest absolute Gasteiger partial charge is 0.239 e. The molecule has 1 amide bonds. The zero-order valence-electron chi connectivity index (χ0n) is 16.2. The van der Waals surface area contributed by atoms with Gasteiger partial charge < -0.3 is 9.47 Å². The molecule has 2 aliphatic rings. The standard InChI is InChI=1S/C23H26N2O3/c1-2-8-19(17-12-13-20-21(15-17)28-16-27-20)23(26)25(18-9-4-3-5-10-18)22-11-6-7-14-24-22/h2,6-8,11-15,18-19H,3-5,9-10,16H2,1H3. The third kappa shape index (κ3) is 3.75. The number of hydrogen-bond acceptors (Lipinski definition) is 4. The Morgan fingerprint density at radius 1 is 1.14 bits per heavy atom. The summed E-state index contributed by atoms with van der Waals surface area (Å²) in [6, 6.07) is 11.7. The van der Waals surface area contributed by atoms with Gasteiger partial charge in [-0.1, -0.05) is 43.5 Å². The number of allylic oxidation sites excluding steroid dienone is 1. The number of carbonyl (C=O) groups is 1.